The van der Waals surface area contributed by atoms with E-state index >= 15 is 0 Å². The molecule has 1 heterocycles. The van der Waals surface area contributed by atoms with E-state index in [-0.39, 0.29) is 23.7 Å². The Bertz CT molecular complexity index is 923. The SMILES string of the molecule is C[C@@H]1CC[C@H]2C(=O)N(c3ccc(OC(=O)c4ccc(Cl)cc4)cc3)C(=O)[C@H]2C1. The molecule has 0 spiro atoms. The molecule has 2 fully saturated rings. The summed E-state index contributed by atoms with van der Waals surface area (Å²) in [6, 6.07) is 12.9. The van der Waals surface area contributed by atoms with Gasteiger partial charge in [0.2, 0.25) is 11.8 Å². The Balaban J connectivity index is 1.49. The van der Waals surface area contributed by atoms with Crippen LogP contribution in [0.4, 0.5) is 5.69 Å². The van der Waals surface area contributed by atoms with Crippen LogP contribution in [0, 0.1) is 17.8 Å². The summed E-state index contributed by atoms with van der Waals surface area (Å²) >= 11 is 5.82. The minimum Gasteiger partial charge on any atom is -0.423 e. The van der Waals surface area contributed by atoms with E-state index in [2.05, 4.69) is 6.92 Å². The molecule has 0 bridgehead atoms. The van der Waals surface area contributed by atoms with Gasteiger partial charge in [-0.05, 0) is 73.7 Å². The predicted molar refractivity (Wildman–Crippen MR) is 105 cm³/mol. The largest absolute Gasteiger partial charge is 0.423 e. The Labute approximate surface area is 168 Å². The van der Waals surface area contributed by atoms with Crippen molar-refractivity contribution in [2.75, 3.05) is 4.90 Å². The van der Waals surface area contributed by atoms with Crippen molar-refractivity contribution in [1.82, 2.24) is 0 Å². The highest BCUT2D eigenvalue weighted by Crippen LogP contribution is 2.42. The summed E-state index contributed by atoms with van der Waals surface area (Å²) in [4.78, 5) is 39.0. The molecule has 6 heteroatoms. The number of benzene rings is 2. The van der Waals surface area contributed by atoms with E-state index in [9.17, 15) is 14.4 Å². The minimum atomic E-state index is -0.502. The van der Waals surface area contributed by atoms with Crippen molar-refractivity contribution in [1.29, 1.82) is 0 Å². The molecule has 2 aromatic rings. The van der Waals surface area contributed by atoms with E-state index in [1.165, 1.54) is 4.90 Å². The number of imide groups is 1. The maximum atomic E-state index is 12.8. The van der Waals surface area contributed by atoms with Gasteiger partial charge in [-0.3, -0.25) is 14.5 Å². The van der Waals surface area contributed by atoms with E-state index in [1.807, 2.05) is 0 Å². The van der Waals surface area contributed by atoms with Gasteiger partial charge in [0.1, 0.15) is 5.75 Å². The van der Waals surface area contributed by atoms with Gasteiger partial charge in [-0.25, -0.2) is 4.79 Å². The number of ether oxygens (including phenoxy) is 1. The standard InChI is InChI=1S/C22H20ClNO4/c1-13-2-11-18-19(12-13)21(26)24(20(18)25)16-7-9-17(10-8-16)28-22(27)14-3-5-15(23)6-4-14/h3-10,13,18-19H,2,11-12H2,1H3/t13-,18-,19+/m1/s1. The number of carbonyl (C=O) groups is 3. The number of fused-ring (bicyclic) bond motifs is 1. The van der Waals surface area contributed by atoms with Crippen molar-refractivity contribution in [2.24, 2.45) is 17.8 Å². The van der Waals surface area contributed by atoms with Crippen LogP contribution in [0.2, 0.25) is 5.02 Å². The molecular formula is C22H20ClNO4. The van der Waals surface area contributed by atoms with Crippen LogP contribution >= 0.6 is 11.6 Å². The highest BCUT2D eigenvalue weighted by Gasteiger charge is 2.49. The van der Waals surface area contributed by atoms with Crippen LogP contribution < -0.4 is 9.64 Å². The van der Waals surface area contributed by atoms with Crippen LogP contribution in [-0.4, -0.2) is 17.8 Å². The Kier molecular flexibility index (Phi) is 4.94. The average molecular weight is 398 g/mol. The lowest BCUT2D eigenvalue weighted by atomic mass is 9.76. The van der Waals surface area contributed by atoms with Crippen LogP contribution in [0.3, 0.4) is 0 Å². The second kappa shape index (κ2) is 7.40. The van der Waals surface area contributed by atoms with Gasteiger partial charge in [0, 0.05) is 5.02 Å². The fraction of sp³-hybridized carbons (Fsp3) is 0.318. The minimum absolute atomic E-state index is 0.118. The van der Waals surface area contributed by atoms with E-state index in [4.69, 9.17) is 16.3 Å². The van der Waals surface area contributed by atoms with E-state index in [1.54, 1.807) is 48.5 Å². The number of rotatable bonds is 3. The fourth-order valence-corrected chi connectivity index (χ4v) is 4.19. The van der Waals surface area contributed by atoms with Gasteiger partial charge in [-0.15, -0.1) is 0 Å². The lowest BCUT2D eigenvalue weighted by molar-refractivity contribution is -0.122. The van der Waals surface area contributed by atoms with Crippen LogP contribution in [-0.2, 0) is 9.59 Å². The molecule has 1 aliphatic heterocycles. The summed E-state index contributed by atoms with van der Waals surface area (Å²) in [6.07, 6.45) is 2.51. The Hall–Kier alpha value is -2.66. The van der Waals surface area contributed by atoms with E-state index < -0.39 is 5.97 Å². The van der Waals surface area contributed by atoms with Crippen LogP contribution in [0.15, 0.2) is 48.5 Å². The summed E-state index contributed by atoms with van der Waals surface area (Å²) in [7, 11) is 0. The van der Waals surface area contributed by atoms with Crippen molar-refractivity contribution in [2.45, 2.75) is 26.2 Å². The molecule has 1 saturated carbocycles. The second-order valence-corrected chi connectivity index (χ2v) is 7.97. The van der Waals surface area contributed by atoms with Crippen LogP contribution in [0.1, 0.15) is 36.5 Å². The van der Waals surface area contributed by atoms with Gasteiger partial charge in [0.25, 0.3) is 0 Å². The molecule has 3 atom stereocenters. The lowest BCUT2D eigenvalue weighted by Crippen LogP contribution is -2.30. The van der Waals surface area contributed by atoms with Crippen molar-refractivity contribution in [3.63, 3.8) is 0 Å². The molecular weight excluding hydrogens is 378 g/mol. The number of amides is 2. The normalized spacial score (nSPS) is 24.2. The van der Waals surface area contributed by atoms with Crippen molar-refractivity contribution < 1.29 is 19.1 Å². The first-order valence-corrected chi connectivity index (χ1v) is 9.77. The zero-order chi connectivity index (χ0) is 19.8. The lowest BCUT2D eigenvalue weighted by Gasteiger charge is -2.25. The summed E-state index contributed by atoms with van der Waals surface area (Å²) in [6.45, 7) is 2.13. The highest BCUT2D eigenvalue weighted by molar-refractivity contribution is 6.30. The molecule has 144 valence electrons. The zero-order valence-electron chi connectivity index (χ0n) is 15.4. The molecule has 1 saturated heterocycles. The number of hydrogen-bond donors (Lipinski definition) is 0. The van der Waals surface area contributed by atoms with Crippen LogP contribution in [0.25, 0.3) is 0 Å². The van der Waals surface area contributed by atoms with E-state index in [0.29, 0.717) is 27.9 Å². The number of hydrogen-bond acceptors (Lipinski definition) is 4. The maximum absolute atomic E-state index is 12.8. The molecule has 0 N–H and O–H groups in total. The number of halogens is 1. The molecule has 2 aromatic carbocycles. The Morgan fingerprint density at radius 2 is 1.61 bits per heavy atom. The predicted octanol–water partition coefficient (Wildman–Crippen LogP) is 4.48. The van der Waals surface area contributed by atoms with Gasteiger partial charge in [0.15, 0.2) is 0 Å². The smallest absolute Gasteiger partial charge is 0.343 e. The van der Waals surface area contributed by atoms with Gasteiger partial charge in [-0.1, -0.05) is 18.5 Å². The monoisotopic (exact) mass is 397 g/mol. The number of anilines is 1. The number of esters is 1. The van der Waals surface area contributed by atoms with Gasteiger partial charge < -0.3 is 4.74 Å². The first kappa shape index (κ1) is 18.7. The highest BCUT2D eigenvalue weighted by atomic mass is 35.5. The zero-order valence-corrected chi connectivity index (χ0v) is 16.2. The Morgan fingerprint density at radius 1 is 0.964 bits per heavy atom. The first-order valence-electron chi connectivity index (χ1n) is 9.39. The quantitative estimate of drug-likeness (QED) is 0.435. The second-order valence-electron chi connectivity index (χ2n) is 7.53. The third-order valence-electron chi connectivity index (χ3n) is 5.57. The number of carbonyl (C=O) groups excluding carboxylic acids is 3. The molecule has 28 heavy (non-hydrogen) atoms. The molecule has 0 aromatic heterocycles. The Morgan fingerprint density at radius 3 is 2.29 bits per heavy atom. The van der Waals surface area contributed by atoms with Gasteiger partial charge >= 0.3 is 5.97 Å². The van der Waals surface area contributed by atoms with Crippen molar-refractivity contribution in [3.05, 3.63) is 59.1 Å². The topological polar surface area (TPSA) is 63.7 Å². The molecule has 0 radical (unpaired) electrons. The van der Waals surface area contributed by atoms with Crippen molar-refractivity contribution >= 4 is 35.1 Å². The van der Waals surface area contributed by atoms with Gasteiger partial charge in [0.05, 0.1) is 23.1 Å². The molecule has 0 unspecified atom stereocenters. The first-order chi connectivity index (χ1) is 13.4. The summed E-state index contributed by atoms with van der Waals surface area (Å²) in [5.74, 6) is -0.343. The fourth-order valence-electron chi connectivity index (χ4n) is 4.06. The van der Waals surface area contributed by atoms with Crippen molar-refractivity contribution in [3.8, 4) is 5.75 Å². The molecule has 2 aliphatic rings. The summed E-state index contributed by atoms with van der Waals surface area (Å²) < 4.78 is 5.35. The van der Waals surface area contributed by atoms with Gasteiger partial charge in [-0.2, -0.15) is 0 Å². The number of nitrogens with zero attached hydrogens (tertiary/aromatic N) is 1. The molecule has 4 rings (SSSR count). The van der Waals surface area contributed by atoms with E-state index in [0.717, 1.165) is 19.3 Å². The maximum Gasteiger partial charge on any atom is 0.343 e. The molecule has 1 aliphatic carbocycles. The van der Waals surface area contributed by atoms with Crippen LogP contribution in [0.5, 0.6) is 5.75 Å². The average Bonchev–Trinajstić information content (AvgIpc) is 2.93. The third-order valence-corrected chi connectivity index (χ3v) is 5.83. The molecule has 5 nitrogen and oxygen atoms in total. The third kappa shape index (κ3) is 3.42. The summed E-state index contributed by atoms with van der Waals surface area (Å²) in [5.41, 5.74) is 0.903. The molecule has 2 amide bonds. The summed E-state index contributed by atoms with van der Waals surface area (Å²) in [5, 5.41) is 0.538.